The van der Waals surface area contributed by atoms with E-state index in [1.807, 2.05) is 13.0 Å². The summed E-state index contributed by atoms with van der Waals surface area (Å²) in [6.07, 6.45) is 2.60. The molecule has 1 rings (SSSR count). The number of nitriles is 1. The van der Waals surface area contributed by atoms with Crippen molar-refractivity contribution < 1.29 is 8.42 Å². The van der Waals surface area contributed by atoms with Crippen LogP contribution >= 0.6 is 0 Å². The highest BCUT2D eigenvalue weighted by atomic mass is 32.2. The molecular formula is C14H22N4O2S. The summed E-state index contributed by atoms with van der Waals surface area (Å²) in [4.78, 5) is 4.28. The standard InChI is InChI=1S/C14H22N4O2S/c1-4-9-16-14-13(7-5-10-17-14)21(19,20)18(12(2)3)11-6-8-15/h5,7,10,12H,4,6,9,11H2,1-3H3,(H,16,17). The summed E-state index contributed by atoms with van der Waals surface area (Å²) in [6, 6.07) is 4.92. The van der Waals surface area contributed by atoms with Crippen LogP contribution in [0.1, 0.15) is 33.6 Å². The van der Waals surface area contributed by atoms with Crippen molar-refractivity contribution in [2.75, 3.05) is 18.4 Å². The SMILES string of the molecule is CCCNc1ncccc1S(=O)(=O)N(CCC#N)C(C)C. The third-order valence-electron chi connectivity index (χ3n) is 2.92. The Labute approximate surface area is 126 Å². The molecule has 0 unspecified atom stereocenters. The molecule has 0 bridgehead atoms. The average Bonchev–Trinajstić information content (AvgIpc) is 2.45. The van der Waals surface area contributed by atoms with Crippen LogP contribution in [0.5, 0.6) is 0 Å². The maximum Gasteiger partial charge on any atom is 0.247 e. The molecule has 0 aromatic carbocycles. The van der Waals surface area contributed by atoms with Gasteiger partial charge in [-0.25, -0.2) is 13.4 Å². The second kappa shape index (κ2) is 7.96. The van der Waals surface area contributed by atoms with E-state index < -0.39 is 10.0 Å². The molecule has 0 aliphatic carbocycles. The molecule has 1 aromatic rings. The van der Waals surface area contributed by atoms with Crippen molar-refractivity contribution in [3.05, 3.63) is 18.3 Å². The molecule has 6 nitrogen and oxygen atoms in total. The Bertz CT molecular complexity index is 593. The molecule has 0 radical (unpaired) electrons. The van der Waals surface area contributed by atoms with Gasteiger partial charge in [-0.15, -0.1) is 0 Å². The Morgan fingerprint density at radius 1 is 1.48 bits per heavy atom. The van der Waals surface area contributed by atoms with E-state index in [1.54, 1.807) is 32.2 Å². The first-order chi connectivity index (χ1) is 9.95. The zero-order valence-electron chi connectivity index (χ0n) is 12.7. The highest BCUT2D eigenvalue weighted by molar-refractivity contribution is 7.89. The molecule has 7 heteroatoms. The predicted molar refractivity (Wildman–Crippen MR) is 82.3 cm³/mol. The molecule has 0 atom stereocenters. The van der Waals surface area contributed by atoms with Crippen LogP contribution in [0.2, 0.25) is 0 Å². The van der Waals surface area contributed by atoms with Gasteiger partial charge >= 0.3 is 0 Å². The second-order valence-electron chi connectivity index (χ2n) is 4.89. The normalized spacial score (nSPS) is 11.6. The van der Waals surface area contributed by atoms with Crippen molar-refractivity contribution in [1.82, 2.24) is 9.29 Å². The summed E-state index contributed by atoms with van der Waals surface area (Å²) >= 11 is 0. The van der Waals surface area contributed by atoms with Gasteiger partial charge in [0.1, 0.15) is 10.7 Å². The zero-order chi connectivity index (χ0) is 15.9. The van der Waals surface area contributed by atoms with Crippen LogP contribution < -0.4 is 5.32 Å². The predicted octanol–water partition coefficient (Wildman–Crippen LogP) is 2.22. The van der Waals surface area contributed by atoms with Crippen molar-refractivity contribution in [2.24, 2.45) is 0 Å². The van der Waals surface area contributed by atoms with Gasteiger partial charge in [-0.3, -0.25) is 0 Å². The Kier molecular flexibility index (Phi) is 6.59. The van der Waals surface area contributed by atoms with E-state index in [1.165, 1.54) is 4.31 Å². The van der Waals surface area contributed by atoms with Gasteiger partial charge in [-0.1, -0.05) is 6.92 Å². The number of nitrogens with one attached hydrogen (secondary N) is 1. The summed E-state index contributed by atoms with van der Waals surface area (Å²) in [5, 5.41) is 11.7. The Hall–Kier alpha value is -1.65. The maximum absolute atomic E-state index is 12.8. The highest BCUT2D eigenvalue weighted by Crippen LogP contribution is 2.24. The smallest absolute Gasteiger partial charge is 0.247 e. The van der Waals surface area contributed by atoms with Gasteiger partial charge in [0.15, 0.2) is 0 Å². The van der Waals surface area contributed by atoms with Crippen LogP contribution in [0.3, 0.4) is 0 Å². The number of hydrogen-bond acceptors (Lipinski definition) is 5. The van der Waals surface area contributed by atoms with Crippen LogP contribution in [0, 0.1) is 11.3 Å². The molecule has 1 aromatic heterocycles. The van der Waals surface area contributed by atoms with Gasteiger partial charge in [-0.2, -0.15) is 9.57 Å². The van der Waals surface area contributed by atoms with Gasteiger partial charge in [0.25, 0.3) is 0 Å². The Morgan fingerprint density at radius 3 is 2.76 bits per heavy atom. The second-order valence-corrected chi connectivity index (χ2v) is 6.75. The molecule has 116 valence electrons. The minimum atomic E-state index is -3.68. The molecule has 0 fully saturated rings. The third kappa shape index (κ3) is 4.41. The Balaban J connectivity index is 3.19. The summed E-state index contributed by atoms with van der Waals surface area (Å²) in [5.74, 6) is 0.363. The number of rotatable bonds is 8. The highest BCUT2D eigenvalue weighted by Gasteiger charge is 2.29. The maximum atomic E-state index is 12.8. The first-order valence-electron chi connectivity index (χ1n) is 7.02. The third-order valence-corrected chi connectivity index (χ3v) is 5.03. The monoisotopic (exact) mass is 310 g/mol. The van der Waals surface area contributed by atoms with Crippen molar-refractivity contribution >= 4 is 15.8 Å². The van der Waals surface area contributed by atoms with Gasteiger partial charge in [0, 0.05) is 31.7 Å². The molecule has 21 heavy (non-hydrogen) atoms. The number of nitrogens with zero attached hydrogens (tertiary/aromatic N) is 3. The molecular weight excluding hydrogens is 288 g/mol. The van der Waals surface area contributed by atoms with Gasteiger partial charge in [0.05, 0.1) is 6.07 Å². The van der Waals surface area contributed by atoms with Crippen LogP contribution in [-0.4, -0.2) is 36.8 Å². The fraction of sp³-hybridized carbons (Fsp3) is 0.571. The molecule has 0 amide bonds. The summed E-state index contributed by atoms with van der Waals surface area (Å²) in [5.41, 5.74) is 0. The summed E-state index contributed by atoms with van der Waals surface area (Å²) in [7, 11) is -3.68. The lowest BCUT2D eigenvalue weighted by Gasteiger charge is -2.25. The number of sulfonamides is 1. The average molecular weight is 310 g/mol. The quantitative estimate of drug-likeness (QED) is 0.795. The fourth-order valence-corrected chi connectivity index (χ4v) is 3.68. The van der Waals surface area contributed by atoms with Gasteiger partial charge < -0.3 is 5.32 Å². The number of anilines is 1. The minimum absolute atomic E-state index is 0.157. The number of hydrogen-bond donors (Lipinski definition) is 1. The number of aromatic nitrogens is 1. The fourth-order valence-electron chi connectivity index (χ4n) is 1.92. The molecule has 1 heterocycles. The first-order valence-corrected chi connectivity index (χ1v) is 8.46. The lowest BCUT2D eigenvalue weighted by Crippen LogP contribution is -2.38. The van der Waals surface area contributed by atoms with Crippen LogP contribution in [0.25, 0.3) is 0 Å². The van der Waals surface area contributed by atoms with Crippen LogP contribution in [0.4, 0.5) is 5.82 Å². The topological polar surface area (TPSA) is 86.1 Å². The lowest BCUT2D eigenvalue weighted by atomic mass is 10.3. The lowest BCUT2D eigenvalue weighted by molar-refractivity contribution is 0.360. The molecule has 1 N–H and O–H groups in total. The summed E-state index contributed by atoms with van der Waals surface area (Å²) < 4.78 is 26.9. The van der Waals surface area contributed by atoms with E-state index in [2.05, 4.69) is 10.3 Å². The number of pyridine rings is 1. The van der Waals surface area contributed by atoms with Crippen molar-refractivity contribution in [2.45, 2.75) is 44.6 Å². The van der Waals surface area contributed by atoms with E-state index in [9.17, 15) is 8.42 Å². The van der Waals surface area contributed by atoms with E-state index in [0.29, 0.717) is 12.4 Å². The van der Waals surface area contributed by atoms with Crippen molar-refractivity contribution in [3.8, 4) is 6.07 Å². The molecule has 0 aliphatic rings. The largest absolute Gasteiger partial charge is 0.369 e. The molecule has 0 spiro atoms. The molecule has 0 saturated heterocycles. The summed E-state index contributed by atoms with van der Waals surface area (Å²) in [6.45, 7) is 6.42. The molecule has 0 aliphatic heterocycles. The van der Waals surface area contributed by atoms with Crippen LogP contribution in [-0.2, 0) is 10.0 Å². The minimum Gasteiger partial charge on any atom is -0.369 e. The molecule has 0 saturated carbocycles. The van der Waals surface area contributed by atoms with E-state index in [0.717, 1.165) is 6.42 Å². The van der Waals surface area contributed by atoms with E-state index >= 15 is 0 Å². The Morgan fingerprint density at radius 2 is 2.19 bits per heavy atom. The van der Waals surface area contributed by atoms with Crippen LogP contribution in [0.15, 0.2) is 23.2 Å². The van der Waals surface area contributed by atoms with E-state index in [-0.39, 0.29) is 23.9 Å². The van der Waals surface area contributed by atoms with Gasteiger partial charge in [0.2, 0.25) is 10.0 Å². The van der Waals surface area contributed by atoms with E-state index in [4.69, 9.17) is 5.26 Å². The zero-order valence-corrected chi connectivity index (χ0v) is 13.5. The first kappa shape index (κ1) is 17.4. The van der Waals surface area contributed by atoms with Gasteiger partial charge in [-0.05, 0) is 32.4 Å². The van der Waals surface area contributed by atoms with Crippen molar-refractivity contribution in [1.29, 1.82) is 5.26 Å². The van der Waals surface area contributed by atoms with Crippen molar-refractivity contribution in [3.63, 3.8) is 0 Å².